The molecule has 1 heterocycles. The van der Waals surface area contributed by atoms with E-state index in [-0.39, 0.29) is 6.10 Å². The molecule has 0 radical (unpaired) electrons. The number of rotatable bonds is 5. The van der Waals surface area contributed by atoms with Crippen LogP contribution < -0.4 is 5.32 Å². The normalized spacial score (nSPS) is 26.3. The highest BCUT2D eigenvalue weighted by Crippen LogP contribution is 2.37. The van der Waals surface area contributed by atoms with Crippen molar-refractivity contribution in [2.24, 2.45) is 5.92 Å². The van der Waals surface area contributed by atoms with Crippen LogP contribution >= 0.6 is 0 Å². The molecule has 5 nitrogen and oxygen atoms in total. The molecule has 1 saturated carbocycles. The molecule has 1 amide bonds. The van der Waals surface area contributed by atoms with Crippen LogP contribution in [0.5, 0.6) is 0 Å². The van der Waals surface area contributed by atoms with E-state index in [0.29, 0.717) is 37.7 Å². The number of hydrogen-bond donors (Lipinski definition) is 1. The zero-order valence-electron chi connectivity index (χ0n) is 11.3. The third-order valence-electron chi connectivity index (χ3n) is 3.90. The molecule has 0 aromatic heterocycles. The molecule has 2 aliphatic rings. The van der Waals surface area contributed by atoms with E-state index in [2.05, 4.69) is 5.32 Å². The molecule has 1 saturated heterocycles. The minimum atomic E-state index is -0.446. The third kappa shape index (κ3) is 3.35. The zero-order valence-corrected chi connectivity index (χ0v) is 11.3. The smallest absolute Gasteiger partial charge is 0.354 e. The number of ether oxygens (including phenoxy) is 2. The average Bonchev–Trinajstić information content (AvgIpc) is 2.34. The number of amides is 1. The number of esters is 1. The Balaban J connectivity index is 2.10. The molecule has 0 aromatic carbocycles. The van der Waals surface area contributed by atoms with Crippen LogP contribution in [0, 0.1) is 5.92 Å². The van der Waals surface area contributed by atoms with Crippen LogP contribution in [0.4, 0.5) is 0 Å². The Morgan fingerprint density at radius 3 is 2.89 bits per heavy atom. The highest BCUT2D eigenvalue weighted by atomic mass is 16.5. The third-order valence-corrected chi connectivity index (χ3v) is 3.90. The number of nitrogens with one attached hydrogen (secondary N) is 1. The molecule has 19 heavy (non-hydrogen) atoms. The summed E-state index contributed by atoms with van der Waals surface area (Å²) in [6, 6.07) is 0. The van der Waals surface area contributed by atoms with Crippen molar-refractivity contribution in [1.82, 2.24) is 5.32 Å². The Labute approximate surface area is 113 Å². The largest absolute Gasteiger partial charge is 0.461 e. The lowest BCUT2D eigenvalue weighted by atomic mass is 9.78. The van der Waals surface area contributed by atoms with E-state index in [1.54, 1.807) is 6.92 Å². The van der Waals surface area contributed by atoms with Crippen LogP contribution in [0.3, 0.4) is 0 Å². The van der Waals surface area contributed by atoms with Gasteiger partial charge >= 0.3 is 5.97 Å². The minimum Gasteiger partial charge on any atom is -0.461 e. The Hall–Kier alpha value is -1.36. The molecule has 0 aromatic rings. The second-order valence-corrected chi connectivity index (χ2v) is 5.02. The summed E-state index contributed by atoms with van der Waals surface area (Å²) in [5.74, 6) is 0.161. The first-order chi connectivity index (χ1) is 9.26. The number of carbonyl (C=O) groups excluding carboxylic acids is 2. The maximum absolute atomic E-state index is 11.9. The number of hydrogen-bond acceptors (Lipinski definition) is 4. The van der Waals surface area contributed by atoms with Crippen LogP contribution in [0.25, 0.3) is 0 Å². The van der Waals surface area contributed by atoms with Crippen molar-refractivity contribution >= 4 is 12.4 Å². The molecule has 106 valence electrons. The number of carbonyl (C=O) groups is 2. The molecule has 2 fully saturated rings. The highest BCUT2D eigenvalue weighted by Gasteiger charge is 2.32. The fourth-order valence-electron chi connectivity index (χ4n) is 2.65. The maximum Gasteiger partial charge on any atom is 0.354 e. The van der Waals surface area contributed by atoms with Gasteiger partial charge in [0.15, 0.2) is 0 Å². The van der Waals surface area contributed by atoms with Crippen LogP contribution in [-0.4, -0.2) is 31.7 Å². The topological polar surface area (TPSA) is 64.6 Å². The van der Waals surface area contributed by atoms with Crippen LogP contribution in [0.2, 0.25) is 0 Å². The summed E-state index contributed by atoms with van der Waals surface area (Å²) in [5, 5.41) is 2.50. The van der Waals surface area contributed by atoms with E-state index in [9.17, 15) is 9.59 Å². The first-order valence-corrected chi connectivity index (χ1v) is 6.97. The summed E-state index contributed by atoms with van der Waals surface area (Å²) in [5.41, 5.74) is 1.26. The van der Waals surface area contributed by atoms with Gasteiger partial charge in [-0.3, -0.25) is 4.79 Å². The molecule has 2 rings (SSSR count). The van der Waals surface area contributed by atoms with Gasteiger partial charge in [0.25, 0.3) is 0 Å². The monoisotopic (exact) mass is 267 g/mol. The SMILES string of the molecule is CCOC(=O)C(NC=O)=C1CCOC(C2CCC2)C1. The van der Waals surface area contributed by atoms with E-state index >= 15 is 0 Å². The predicted molar refractivity (Wildman–Crippen MR) is 69.2 cm³/mol. The van der Waals surface area contributed by atoms with Crippen molar-refractivity contribution in [2.75, 3.05) is 13.2 Å². The standard InChI is InChI=1S/C14H21NO4/c1-2-18-14(17)13(15-9-16)11-6-7-19-12(8-11)10-4-3-5-10/h9-10,12H,2-8H2,1H3,(H,15,16). The fraction of sp³-hybridized carbons (Fsp3) is 0.714. The molecule has 0 spiro atoms. The molecular formula is C14H21NO4. The summed E-state index contributed by atoms with van der Waals surface area (Å²) in [6.45, 7) is 2.67. The van der Waals surface area contributed by atoms with Gasteiger partial charge in [0.2, 0.25) is 6.41 Å². The fourth-order valence-corrected chi connectivity index (χ4v) is 2.65. The second kappa shape index (κ2) is 6.70. The average molecular weight is 267 g/mol. The van der Waals surface area contributed by atoms with Gasteiger partial charge in [-0.2, -0.15) is 0 Å². The summed E-state index contributed by atoms with van der Waals surface area (Å²) in [6.07, 6.45) is 5.79. The van der Waals surface area contributed by atoms with Gasteiger partial charge in [0.05, 0.1) is 19.3 Å². The highest BCUT2D eigenvalue weighted by molar-refractivity contribution is 5.91. The first kappa shape index (κ1) is 14.1. The van der Waals surface area contributed by atoms with Gasteiger partial charge in [-0.15, -0.1) is 0 Å². The van der Waals surface area contributed by atoms with E-state index in [1.165, 1.54) is 19.3 Å². The Morgan fingerprint density at radius 1 is 1.53 bits per heavy atom. The molecule has 5 heteroatoms. The van der Waals surface area contributed by atoms with Crippen molar-refractivity contribution in [3.8, 4) is 0 Å². The van der Waals surface area contributed by atoms with Gasteiger partial charge < -0.3 is 14.8 Å². The maximum atomic E-state index is 11.9. The quantitative estimate of drug-likeness (QED) is 0.466. The molecule has 1 atom stereocenters. The van der Waals surface area contributed by atoms with E-state index in [0.717, 1.165) is 12.0 Å². The summed E-state index contributed by atoms with van der Waals surface area (Å²) >= 11 is 0. The lowest BCUT2D eigenvalue weighted by Gasteiger charge is -2.37. The lowest BCUT2D eigenvalue weighted by molar-refractivity contribution is -0.139. The van der Waals surface area contributed by atoms with Crippen molar-refractivity contribution < 1.29 is 19.1 Å². The van der Waals surface area contributed by atoms with Crippen molar-refractivity contribution in [3.63, 3.8) is 0 Å². The van der Waals surface area contributed by atoms with Crippen molar-refractivity contribution in [3.05, 3.63) is 11.3 Å². The van der Waals surface area contributed by atoms with Gasteiger partial charge in [0, 0.05) is 0 Å². The minimum absolute atomic E-state index is 0.190. The van der Waals surface area contributed by atoms with Gasteiger partial charge in [-0.25, -0.2) is 4.79 Å². The molecule has 1 aliphatic heterocycles. The van der Waals surface area contributed by atoms with Crippen LogP contribution in [0.15, 0.2) is 11.3 Å². The summed E-state index contributed by atoms with van der Waals surface area (Å²) in [7, 11) is 0. The predicted octanol–water partition coefficient (Wildman–Crippen LogP) is 1.53. The Morgan fingerprint density at radius 2 is 2.32 bits per heavy atom. The molecule has 1 unspecified atom stereocenters. The Kier molecular flexibility index (Phi) is 4.96. The molecule has 1 aliphatic carbocycles. The zero-order chi connectivity index (χ0) is 13.7. The molecule has 0 bridgehead atoms. The van der Waals surface area contributed by atoms with Gasteiger partial charge in [-0.05, 0) is 44.1 Å². The van der Waals surface area contributed by atoms with E-state index < -0.39 is 5.97 Å². The van der Waals surface area contributed by atoms with E-state index in [1.807, 2.05) is 0 Å². The Bertz CT molecular complexity index is 374. The lowest BCUT2D eigenvalue weighted by Crippen LogP contribution is -2.35. The van der Waals surface area contributed by atoms with Gasteiger partial charge in [-0.1, -0.05) is 6.42 Å². The van der Waals surface area contributed by atoms with E-state index in [4.69, 9.17) is 9.47 Å². The van der Waals surface area contributed by atoms with Gasteiger partial charge in [0.1, 0.15) is 5.70 Å². The van der Waals surface area contributed by atoms with Crippen LogP contribution in [-0.2, 0) is 19.1 Å². The molecule has 1 N–H and O–H groups in total. The van der Waals surface area contributed by atoms with Crippen molar-refractivity contribution in [1.29, 1.82) is 0 Å². The first-order valence-electron chi connectivity index (χ1n) is 6.97. The van der Waals surface area contributed by atoms with Crippen LogP contribution in [0.1, 0.15) is 39.0 Å². The molecular weight excluding hydrogens is 246 g/mol. The summed E-state index contributed by atoms with van der Waals surface area (Å²) < 4.78 is 10.8. The van der Waals surface area contributed by atoms with Crippen molar-refractivity contribution in [2.45, 2.75) is 45.1 Å². The second-order valence-electron chi connectivity index (χ2n) is 5.02. The summed E-state index contributed by atoms with van der Waals surface area (Å²) in [4.78, 5) is 22.5.